The van der Waals surface area contributed by atoms with Crippen molar-refractivity contribution in [1.29, 1.82) is 0 Å². The SMILES string of the molecule is CC1=CC(Nc2nc(C[C@H]3CCN[C@H](C)C3)c(F)cc2F)NN1C(C)(C)C. The van der Waals surface area contributed by atoms with Crippen LogP contribution in [0.3, 0.4) is 0 Å². The van der Waals surface area contributed by atoms with Crippen molar-refractivity contribution in [2.45, 2.75) is 71.6 Å². The van der Waals surface area contributed by atoms with Gasteiger partial charge in [-0.2, -0.15) is 0 Å². The van der Waals surface area contributed by atoms with E-state index in [9.17, 15) is 8.78 Å². The van der Waals surface area contributed by atoms with Crippen LogP contribution < -0.4 is 16.1 Å². The van der Waals surface area contributed by atoms with E-state index in [2.05, 4.69) is 48.7 Å². The van der Waals surface area contributed by atoms with Crippen LogP contribution in [0.1, 0.15) is 53.2 Å². The van der Waals surface area contributed by atoms with Crippen molar-refractivity contribution in [1.82, 2.24) is 20.7 Å². The Labute approximate surface area is 160 Å². The molecule has 2 aliphatic rings. The summed E-state index contributed by atoms with van der Waals surface area (Å²) in [6.45, 7) is 11.3. The molecule has 0 saturated carbocycles. The van der Waals surface area contributed by atoms with Crippen LogP contribution in [-0.2, 0) is 6.42 Å². The molecule has 7 heteroatoms. The van der Waals surface area contributed by atoms with Crippen LogP contribution >= 0.6 is 0 Å². The van der Waals surface area contributed by atoms with Gasteiger partial charge in [0, 0.05) is 23.3 Å². The van der Waals surface area contributed by atoms with Gasteiger partial charge >= 0.3 is 0 Å². The van der Waals surface area contributed by atoms with Gasteiger partial charge in [-0.05, 0) is 72.4 Å². The molecule has 2 aliphatic heterocycles. The molecular weight excluding hydrogens is 348 g/mol. The lowest BCUT2D eigenvalue weighted by Gasteiger charge is -2.35. The van der Waals surface area contributed by atoms with Crippen LogP contribution in [0.25, 0.3) is 0 Å². The standard InChI is InChI=1S/C20H31F2N5/c1-12-8-14(6-7-23-12)10-17-15(21)11-16(22)19(24-17)25-18-9-13(2)27(26-18)20(3,4)5/h9,11-12,14,18,23,26H,6-8,10H2,1-5H3,(H,24,25)/t12-,14+,18?/m1/s1. The first kappa shape index (κ1) is 20.0. The van der Waals surface area contributed by atoms with Gasteiger partial charge in [0.1, 0.15) is 12.0 Å². The van der Waals surface area contributed by atoms with Gasteiger partial charge in [0.25, 0.3) is 0 Å². The molecule has 1 unspecified atom stereocenters. The maximum atomic E-state index is 14.3. The Morgan fingerprint density at radius 3 is 2.67 bits per heavy atom. The number of rotatable bonds is 4. The summed E-state index contributed by atoms with van der Waals surface area (Å²) in [7, 11) is 0. The second-order valence-corrected chi connectivity index (χ2v) is 8.76. The zero-order chi connectivity index (χ0) is 19.8. The van der Waals surface area contributed by atoms with Crippen LogP contribution in [-0.4, -0.2) is 34.3 Å². The number of allylic oxidation sites excluding steroid dienone is 1. The third-order valence-corrected chi connectivity index (χ3v) is 5.21. The van der Waals surface area contributed by atoms with Gasteiger partial charge in [-0.1, -0.05) is 0 Å². The maximum absolute atomic E-state index is 14.3. The van der Waals surface area contributed by atoms with Gasteiger partial charge in [-0.25, -0.2) is 19.2 Å². The summed E-state index contributed by atoms with van der Waals surface area (Å²) >= 11 is 0. The third-order valence-electron chi connectivity index (χ3n) is 5.21. The summed E-state index contributed by atoms with van der Waals surface area (Å²) < 4.78 is 28.6. The fourth-order valence-electron chi connectivity index (χ4n) is 3.98. The van der Waals surface area contributed by atoms with Crippen molar-refractivity contribution in [3.63, 3.8) is 0 Å². The van der Waals surface area contributed by atoms with E-state index < -0.39 is 11.6 Å². The number of halogens is 2. The number of nitrogens with zero attached hydrogens (tertiary/aromatic N) is 2. The Bertz CT molecular complexity index is 713. The molecule has 1 aromatic heterocycles. The van der Waals surface area contributed by atoms with E-state index in [4.69, 9.17) is 0 Å². The van der Waals surface area contributed by atoms with Crippen molar-refractivity contribution in [2.24, 2.45) is 5.92 Å². The molecule has 1 aromatic rings. The average Bonchev–Trinajstić information content (AvgIpc) is 2.93. The molecular formula is C20H31F2N5. The van der Waals surface area contributed by atoms with Crippen LogP contribution in [0, 0.1) is 17.6 Å². The molecule has 0 aromatic carbocycles. The third kappa shape index (κ3) is 4.76. The normalized spacial score (nSPS) is 26.3. The zero-order valence-corrected chi connectivity index (χ0v) is 16.9. The van der Waals surface area contributed by atoms with E-state index in [1.807, 2.05) is 18.0 Å². The molecule has 3 atom stereocenters. The molecule has 3 heterocycles. The summed E-state index contributed by atoms with van der Waals surface area (Å²) in [5.41, 5.74) is 4.58. The summed E-state index contributed by atoms with van der Waals surface area (Å²) in [6, 6.07) is 1.37. The highest BCUT2D eigenvalue weighted by molar-refractivity contribution is 5.41. The fourth-order valence-corrected chi connectivity index (χ4v) is 3.98. The highest BCUT2D eigenvalue weighted by atomic mass is 19.1. The number of hydrogen-bond donors (Lipinski definition) is 3. The van der Waals surface area contributed by atoms with Crippen LogP contribution in [0.2, 0.25) is 0 Å². The monoisotopic (exact) mass is 379 g/mol. The van der Waals surface area contributed by atoms with Gasteiger partial charge in [-0.15, -0.1) is 0 Å². The van der Waals surface area contributed by atoms with E-state index in [0.717, 1.165) is 31.1 Å². The highest BCUT2D eigenvalue weighted by Gasteiger charge is 2.30. The van der Waals surface area contributed by atoms with Gasteiger partial charge in [0.2, 0.25) is 0 Å². The summed E-state index contributed by atoms with van der Waals surface area (Å²) in [4.78, 5) is 4.30. The van der Waals surface area contributed by atoms with Gasteiger partial charge in [-0.3, -0.25) is 0 Å². The molecule has 1 saturated heterocycles. The first-order valence-electron chi connectivity index (χ1n) is 9.73. The lowest BCUT2D eigenvalue weighted by Crippen LogP contribution is -2.50. The molecule has 150 valence electrons. The Kier molecular flexibility index (Phi) is 5.72. The Morgan fingerprint density at radius 1 is 1.30 bits per heavy atom. The quantitative estimate of drug-likeness (QED) is 0.747. The fraction of sp³-hybridized carbons (Fsp3) is 0.650. The van der Waals surface area contributed by atoms with E-state index in [0.29, 0.717) is 24.1 Å². The van der Waals surface area contributed by atoms with Crippen LogP contribution in [0.5, 0.6) is 0 Å². The molecule has 3 rings (SSSR count). The number of nitrogens with one attached hydrogen (secondary N) is 3. The summed E-state index contributed by atoms with van der Waals surface area (Å²) in [5, 5.41) is 8.49. The van der Waals surface area contributed by atoms with E-state index in [1.165, 1.54) is 0 Å². The number of aromatic nitrogens is 1. The van der Waals surface area contributed by atoms with Crippen LogP contribution in [0.15, 0.2) is 17.8 Å². The molecule has 0 radical (unpaired) electrons. The van der Waals surface area contributed by atoms with Gasteiger partial charge in [0.05, 0.1) is 5.69 Å². The first-order chi connectivity index (χ1) is 12.6. The van der Waals surface area contributed by atoms with E-state index >= 15 is 0 Å². The summed E-state index contributed by atoms with van der Waals surface area (Å²) in [5.74, 6) is -0.779. The van der Waals surface area contributed by atoms with E-state index in [1.54, 1.807) is 0 Å². The Hall–Kier alpha value is -1.73. The minimum atomic E-state index is -0.669. The predicted octanol–water partition coefficient (Wildman–Crippen LogP) is 3.55. The van der Waals surface area contributed by atoms with Crippen molar-refractivity contribution in [3.8, 4) is 0 Å². The average molecular weight is 379 g/mol. The lowest BCUT2D eigenvalue weighted by molar-refractivity contribution is 0.129. The molecule has 5 nitrogen and oxygen atoms in total. The Balaban J connectivity index is 1.73. The molecule has 0 bridgehead atoms. The highest BCUT2D eigenvalue weighted by Crippen LogP contribution is 2.26. The molecule has 27 heavy (non-hydrogen) atoms. The van der Waals surface area contributed by atoms with Gasteiger partial charge in [0.15, 0.2) is 11.6 Å². The smallest absolute Gasteiger partial charge is 0.168 e. The molecule has 0 spiro atoms. The van der Waals surface area contributed by atoms with E-state index in [-0.39, 0.29) is 17.5 Å². The minimum Gasteiger partial charge on any atom is -0.347 e. The van der Waals surface area contributed by atoms with Gasteiger partial charge < -0.3 is 15.6 Å². The number of hydrazine groups is 1. The zero-order valence-electron chi connectivity index (χ0n) is 16.9. The van der Waals surface area contributed by atoms with Crippen molar-refractivity contribution in [3.05, 3.63) is 35.2 Å². The lowest BCUT2D eigenvalue weighted by atomic mass is 9.89. The Morgan fingerprint density at radius 2 is 2.04 bits per heavy atom. The van der Waals surface area contributed by atoms with Crippen molar-refractivity contribution in [2.75, 3.05) is 11.9 Å². The molecule has 3 N–H and O–H groups in total. The largest absolute Gasteiger partial charge is 0.347 e. The second kappa shape index (κ2) is 7.72. The summed E-state index contributed by atoms with van der Waals surface area (Å²) in [6.07, 6.45) is 4.19. The topological polar surface area (TPSA) is 52.2 Å². The van der Waals surface area contributed by atoms with Crippen molar-refractivity contribution >= 4 is 5.82 Å². The number of hydrogen-bond acceptors (Lipinski definition) is 5. The van der Waals surface area contributed by atoms with Crippen LogP contribution in [0.4, 0.5) is 14.6 Å². The number of anilines is 1. The maximum Gasteiger partial charge on any atom is 0.168 e. The number of pyridine rings is 1. The van der Waals surface area contributed by atoms with Crippen molar-refractivity contribution < 1.29 is 8.78 Å². The molecule has 1 fully saturated rings. The second-order valence-electron chi connectivity index (χ2n) is 8.76. The minimum absolute atomic E-state index is 0.0886. The molecule has 0 amide bonds. The number of piperidine rings is 1. The first-order valence-corrected chi connectivity index (χ1v) is 9.73. The molecule has 0 aliphatic carbocycles. The predicted molar refractivity (Wildman–Crippen MR) is 104 cm³/mol.